The summed E-state index contributed by atoms with van der Waals surface area (Å²) >= 11 is 5.76. The maximum Gasteiger partial charge on any atom is 0.281 e. The zero-order chi connectivity index (χ0) is 13.8. The molecule has 0 unspecified atom stereocenters. The molecule has 0 saturated carbocycles. The topological polar surface area (TPSA) is 49.7 Å². The van der Waals surface area contributed by atoms with Crippen LogP contribution < -0.4 is 5.01 Å². The van der Waals surface area contributed by atoms with Crippen molar-refractivity contribution < 1.29 is 4.79 Å². The van der Waals surface area contributed by atoms with Crippen LogP contribution in [0.4, 0.5) is 5.69 Å². The first kappa shape index (κ1) is 13.2. The quantitative estimate of drug-likeness (QED) is 0.628. The number of aryl methyl sites for hydroxylation is 1. The van der Waals surface area contributed by atoms with Crippen LogP contribution in [0.2, 0.25) is 5.02 Å². The van der Waals surface area contributed by atoms with Crippen LogP contribution in [0.15, 0.2) is 53.8 Å². The van der Waals surface area contributed by atoms with Gasteiger partial charge in [0.1, 0.15) is 0 Å². The van der Waals surface area contributed by atoms with Gasteiger partial charge in [0.15, 0.2) is 0 Å². The number of hydrogen-bond acceptors (Lipinski definition) is 3. The van der Waals surface area contributed by atoms with Crippen LogP contribution in [0.1, 0.15) is 15.9 Å². The van der Waals surface area contributed by atoms with Gasteiger partial charge in [0, 0.05) is 10.6 Å². The standard InChI is InChI=1S/C14H11ClN2O2/c1-10-3-2-4-13(9-10)17(16-19)14(18)11-5-7-12(15)8-6-11/h2-9H,1H3. The van der Waals surface area contributed by atoms with Crippen LogP contribution in [0.3, 0.4) is 0 Å². The maximum absolute atomic E-state index is 12.2. The van der Waals surface area contributed by atoms with Crippen molar-refractivity contribution in [1.29, 1.82) is 0 Å². The highest BCUT2D eigenvalue weighted by molar-refractivity contribution is 6.30. The third-order valence-corrected chi connectivity index (χ3v) is 2.86. The van der Waals surface area contributed by atoms with E-state index >= 15 is 0 Å². The van der Waals surface area contributed by atoms with Crippen molar-refractivity contribution in [1.82, 2.24) is 0 Å². The summed E-state index contributed by atoms with van der Waals surface area (Å²) in [5.74, 6) is -0.489. The molecule has 2 rings (SSSR count). The monoisotopic (exact) mass is 274 g/mol. The van der Waals surface area contributed by atoms with Crippen LogP contribution in [0.25, 0.3) is 0 Å². The summed E-state index contributed by atoms with van der Waals surface area (Å²) in [4.78, 5) is 23.1. The average molecular weight is 275 g/mol. The first-order chi connectivity index (χ1) is 9.11. The summed E-state index contributed by atoms with van der Waals surface area (Å²) in [5.41, 5.74) is 1.73. The molecule has 2 aromatic rings. The Labute approximate surface area is 115 Å². The molecule has 0 aliphatic carbocycles. The highest BCUT2D eigenvalue weighted by Crippen LogP contribution is 2.20. The van der Waals surface area contributed by atoms with E-state index < -0.39 is 5.91 Å². The third-order valence-electron chi connectivity index (χ3n) is 2.61. The van der Waals surface area contributed by atoms with Crippen molar-refractivity contribution in [3.05, 3.63) is 69.6 Å². The van der Waals surface area contributed by atoms with Crippen molar-refractivity contribution >= 4 is 23.2 Å². The van der Waals surface area contributed by atoms with E-state index in [1.165, 1.54) is 0 Å². The first-order valence-corrected chi connectivity index (χ1v) is 5.99. The van der Waals surface area contributed by atoms with Crippen LogP contribution >= 0.6 is 11.6 Å². The Hall–Kier alpha value is -2.20. The summed E-state index contributed by atoms with van der Waals surface area (Å²) in [6.07, 6.45) is 0. The Morgan fingerprint density at radius 2 is 1.84 bits per heavy atom. The molecule has 96 valence electrons. The van der Waals surface area contributed by atoms with Crippen LogP contribution in [-0.4, -0.2) is 5.91 Å². The number of amides is 1. The molecule has 0 spiro atoms. The van der Waals surface area contributed by atoms with Gasteiger partial charge in [0.25, 0.3) is 5.91 Å². The van der Waals surface area contributed by atoms with Crippen molar-refractivity contribution in [2.45, 2.75) is 6.92 Å². The number of nitrogens with zero attached hydrogens (tertiary/aromatic N) is 2. The van der Waals surface area contributed by atoms with E-state index in [0.29, 0.717) is 16.3 Å². The minimum Gasteiger partial charge on any atom is -0.267 e. The summed E-state index contributed by atoms with van der Waals surface area (Å²) < 4.78 is 0. The van der Waals surface area contributed by atoms with Gasteiger partial charge in [-0.05, 0) is 48.9 Å². The van der Waals surface area contributed by atoms with Gasteiger partial charge in [-0.1, -0.05) is 23.7 Å². The van der Waals surface area contributed by atoms with Gasteiger partial charge in [0.05, 0.1) is 11.0 Å². The molecule has 1 amide bonds. The van der Waals surface area contributed by atoms with E-state index in [9.17, 15) is 9.70 Å². The van der Waals surface area contributed by atoms with Gasteiger partial charge >= 0.3 is 0 Å². The number of hydrogen-bond donors (Lipinski definition) is 0. The second kappa shape index (κ2) is 5.63. The molecular formula is C14H11ClN2O2. The molecule has 2 aromatic carbocycles. The van der Waals surface area contributed by atoms with Crippen molar-refractivity contribution in [3.8, 4) is 0 Å². The summed E-state index contributed by atoms with van der Waals surface area (Å²) in [5, 5.41) is 4.15. The molecule has 0 bridgehead atoms. The van der Waals surface area contributed by atoms with Crippen LogP contribution in [0.5, 0.6) is 0 Å². The first-order valence-electron chi connectivity index (χ1n) is 5.62. The Kier molecular flexibility index (Phi) is 3.92. The Morgan fingerprint density at radius 1 is 1.16 bits per heavy atom. The van der Waals surface area contributed by atoms with E-state index in [4.69, 9.17) is 11.6 Å². The lowest BCUT2D eigenvalue weighted by Gasteiger charge is -2.13. The Morgan fingerprint density at radius 3 is 2.42 bits per heavy atom. The molecule has 0 N–H and O–H groups in total. The summed E-state index contributed by atoms with van der Waals surface area (Å²) in [7, 11) is 0. The largest absolute Gasteiger partial charge is 0.281 e. The van der Waals surface area contributed by atoms with Crippen LogP contribution in [-0.2, 0) is 0 Å². The lowest BCUT2D eigenvalue weighted by Crippen LogP contribution is -2.24. The van der Waals surface area contributed by atoms with E-state index in [2.05, 4.69) is 5.29 Å². The molecular weight excluding hydrogens is 264 g/mol. The SMILES string of the molecule is Cc1cccc(N(N=O)C(=O)c2ccc(Cl)cc2)c1. The predicted octanol–water partition coefficient (Wildman–Crippen LogP) is 3.98. The highest BCUT2D eigenvalue weighted by atomic mass is 35.5. The van der Waals surface area contributed by atoms with Crippen molar-refractivity contribution in [2.75, 3.05) is 5.01 Å². The molecule has 0 aliphatic heterocycles. The predicted molar refractivity (Wildman–Crippen MR) is 75.2 cm³/mol. The molecule has 0 radical (unpaired) electrons. The Balaban J connectivity index is 2.34. The van der Waals surface area contributed by atoms with Crippen molar-refractivity contribution in [2.24, 2.45) is 5.29 Å². The molecule has 4 nitrogen and oxygen atoms in total. The van der Waals surface area contributed by atoms with Gasteiger partial charge in [-0.25, -0.2) is 0 Å². The van der Waals surface area contributed by atoms with Crippen molar-refractivity contribution in [3.63, 3.8) is 0 Å². The van der Waals surface area contributed by atoms with Gasteiger partial charge in [0.2, 0.25) is 0 Å². The minimum atomic E-state index is -0.489. The molecule has 0 aromatic heterocycles. The third kappa shape index (κ3) is 2.98. The number of nitroso groups, excluding NO2 is 1. The Bertz CT molecular complexity index is 611. The lowest BCUT2D eigenvalue weighted by molar-refractivity contribution is 0.0987. The fraction of sp³-hybridized carbons (Fsp3) is 0.0714. The lowest BCUT2D eigenvalue weighted by atomic mass is 10.2. The molecule has 0 saturated heterocycles. The minimum absolute atomic E-state index is 0.352. The number of rotatable bonds is 3. The molecule has 0 aliphatic rings. The van der Waals surface area contributed by atoms with Crippen LogP contribution in [0, 0.1) is 11.8 Å². The fourth-order valence-corrected chi connectivity index (χ4v) is 1.80. The molecule has 5 heteroatoms. The summed E-state index contributed by atoms with van der Waals surface area (Å²) in [6, 6.07) is 13.3. The maximum atomic E-state index is 12.2. The van der Waals surface area contributed by atoms with E-state index in [0.717, 1.165) is 10.6 Å². The molecule has 0 heterocycles. The normalized spacial score (nSPS) is 10.0. The number of halogens is 1. The molecule has 19 heavy (non-hydrogen) atoms. The average Bonchev–Trinajstić information content (AvgIpc) is 2.40. The second-order valence-corrected chi connectivity index (χ2v) is 4.48. The molecule has 0 fully saturated rings. The van der Waals surface area contributed by atoms with E-state index in [1.807, 2.05) is 13.0 Å². The fourth-order valence-electron chi connectivity index (χ4n) is 1.68. The smallest absolute Gasteiger partial charge is 0.267 e. The van der Waals surface area contributed by atoms with Gasteiger partial charge in [-0.15, -0.1) is 4.91 Å². The summed E-state index contributed by atoms with van der Waals surface area (Å²) in [6.45, 7) is 1.87. The number of benzene rings is 2. The number of carbonyl (C=O) groups is 1. The zero-order valence-corrected chi connectivity index (χ0v) is 11.0. The highest BCUT2D eigenvalue weighted by Gasteiger charge is 2.18. The van der Waals surface area contributed by atoms with Gasteiger partial charge in [-0.3, -0.25) is 4.79 Å². The number of carbonyl (C=O) groups excluding carboxylic acids is 1. The zero-order valence-electron chi connectivity index (χ0n) is 10.2. The number of anilines is 1. The second-order valence-electron chi connectivity index (χ2n) is 4.04. The molecule has 0 atom stereocenters. The van der Waals surface area contributed by atoms with Gasteiger partial charge < -0.3 is 0 Å². The van der Waals surface area contributed by atoms with E-state index in [-0.39, 0.29) is 0 Å². The van der Waals surface area contributed by atoms with E-state index in [1.54, 1.807) is 42.5 Å². The van der Waals surface area contributed by atoms with Gasteiger partial charge in [-0.2, -0.15) is 5.01 Å².